The lowest BCUT2D eigenvalue weighted by Crippen LogP contribution is -2.43. The smallest absolute Gasteiger partial charge is 0.328 e. The summed E-state index contributed by atoms with van der Waals surface area (Å²) in [5.74, 6) is -0.906. The van der Waals surface area contributed by atoms with E-state index in [1.165, 1.54) is 7.11 Å². The number of halogens is 3. The highest BCUT2D eigenvalue weighted by Gasteiger charge is 2.23. The van der Waals surface area contributed by atoms with Crippen molar-refractivity contribution in [2.75, 3.05) is 7.11 Å². The van der Waals surface area contributed by atoms with Crippen molar-refractivity contribution in [1.82, 2.24) is 5.32 Å². The molecule has 126 valence electrons. The van der Waals surface area contributed by atoms with Crippen molar-refractivity contribution < 1.29 is 14.3 Å². The van der Waals surface area contributed by atoms with Gasteiger partial charge in [0, 0.05) is 26.0 Å². The van der Waals surface area contributed by atoms with Crippen molar-refractivity contribution in [1.29, 1.82) is 0 Å². The Morgan fingerprint density at radius 1 is 1.17 bits per heavy atom. The van der Waals surface area contributed by atoms with Gasteiger partial charge in [-0.2, -0.15) is 0 Å². The van der Waals surface area contributed by atoms with E-state index in [1.807, 2.05) is 12.1 Å². The van der Waals surface area contributed by atoms with Crippen LogP contribution < -0.4 is 5.32 Å². The number of carbonyl (C=O) groups excluding carboxylic acids is 2. The van der Waals surface area contributed by atoms with Crippen LogP contribution in [0.2, 0.25) is 5.02 Å². The van der Waals surface area contributed by atoms with Gasteiger partial charge >= 0.3 is 5.97 Å². The third-order valence-electron chi connectivity index (χ3n) is 3.30. The van der Waals surface area contributed by atoms with Gasteiger partial charge < -0.3 is 10.1 Å². The van der Waals surface area contributed by atoms with Gasteiger partial charge in [0.1, 0.15) is 6.04 Å². The molecule has 1 N–H and O–H groups in total. The van der Waals surface area contributed by atoms with Gasteiger partial charge in [-0.05, 0) is 29.8 Å². The summed E-state index contributed by atoms with van der Waals surface area (Å²) < 4.78 is 6.30. The zero-order valence-electron chi connectivity index (χ0n) is 12.7. The molecule has 0 aliphatic rings. The molecule has 0 saturated heterocycles. The van der Waals surface area contributed by atoms with E-state index in [2.05, 4.69) is 37.2 Å². The van der Waals surface area contributed by atoms with Gasteiger partial charge in [0.05, 0.1) is 7.11 Å². The number of hydrogen-bond donors (Lipinski definition) is 1. The predicted octanol–water partition coefficient (Wildman–Crippen LogP) is 4.38. The number of esters is 1. The fourth-order valence-electron chi connectivity index (χ4n) is 2.15. The molecular formula is C17H14Br2ClNO3. The first-order chi connectivity index (χ1) is 11.4. The van der Waals surface area contributed by atoms with Crippen molar-refractivity contribution in [2.45, 2.75) is 12.5 Å². The van der Waals surface area contributed by atoms with Crippen LogP contribution >= 0.6 is 43.5 Å². The maximum absolute atomic E-state index is 12.5. The third kappa shape index (κ3) is 5.06. The van der Waals surface area contributed by atoms with E-state index in [1.54, 1.807) is 30.3 Å². The number of ether oxygens (including phenoxy) is 1. The largest absolute Gasteiger partial charge is 0.467 e. The van der Waals surface area contributed by atoms with Crippen molar-refractivity contribution in [3.63, 3.8) is 0 Å². The molecule has 2 aromatic rings. The molecule has 0 aromatic heterocycles. The second kappa shape index (κ2) is 8.65. The molecule has 0 bridgehead atoms. The molecule has 1 atom stereocenters. The van der Waals surface area contributed by atoms with Gasteiger partial charge in [-0.1, -0.05) is 61.7 Å². The summed E-state index contributed by atoms with van der Waals surface area (Å²) in [6.45, 7) is 0. The Kier molecular flexibility index (Phi) is 6.83. The predicted molar refractivity (Wildman–Crippen MR) is 100 cm³/mol. The molecule has 0 radical (unpaired) electrons. The Hall–Kier alpha value is -1.37. The van der Waals surface area contributed by atoms with E-state index in [0.717, 1.165) is 14.5 Å². The highest BCUT2D eigenvalue weighted by molar-refractivity contribution is 9.11. The van der Waals surface area contributed by atoms with E-state index in [0.29, 0.717) is 10.6 Å². The van der Waals surface area contributed by atoms with Crippen LogP contribution in [0.5, 0.6) is 0 Å². The summed E-state index contributed by atoms with van der Waals surface area (Å²) >= 11 is 12.8. The minimum Gasteiger partial charge on any atom is -0.467 e. The minimum atomic E-state index is -0.833. The Bertz CT molecular complexity index is 747. The molecule has 0 saturated carbocycles. The fourth-order valence-corrected chi connectivity index (χ4v) is 3.65. The number of benzene rings is 2. The van der Waals surface area contributed by atoms with Gasteiger partial charge in [0.2, 0.25) is 0 Å². The SMILES string of the molecule is COC(=O)[C@H](Cc1ccccc1Cl)NC(=O)c1cc(Br)cc(Br)c1. The normalized spacial score (nSPS) is 11.7. The van der Waals surface area contributed by atoms with Crippen molar-refractivity contribution >= 4 is 55.3 Å². The van der Waals surface area contributed by atoms with E-state index in [9.17, 15) is 9.59 Å². The minimum absolute atomic E-state index is 0.243. The highest BCUT2D eigenvalue weighted by Crippen LogP contribution is 2.21. The van der Waals surface area contributed by atoms with E-state index in [4.69, 9.17) is 16.3 Å². The Morgan fingerprint density at radius 2 is 1.79 bits per heavy atom. The Balaban J connectivity index is 2.21. The molecule has 0 aliphatic carbocycles. The summed E-state index contributed by atoms with van der Waals surface area (Å²) in [5, 5.41) is 3.23. The van der Waals surface area contributed by atoms with Gasteiger partial charge in [-0.25, -0.2) is 4.79 Å². The molecule has 0 aliphatic heterocycles. The topological polar surface area (TPSA) is 55.4 Å². The van der Waals surface area contributed by atoms with Gasteiger partial charge in [-0.15, -0.1) is 0 Å². The van der Waals surface area contributed by atoms with Crippen LogP contribution in [0.25, 0.3) is 0 Å². The third-order valence-corrected chi connectivity index (χ3v) is 4.58. The number of rotatable bonds is 5. The molecule has 0 heterocycles. The average molecular weight is 476 g/mol. The lowest BCUT2D eigenvalue weighted by molar-refractivity contribution is -0.142. The number of nitrogens with one attached hydrogen (secondary N) is 1. The average Bonchev–Trinajstić information content (AvgIpc) is 2.54. The van der Waals surface area contributed by atoms with E-state index in [-0.39, 0.29) is 12.3 Å². The molecular weight excluding hydrogens is 461 g/mol. The number of amides is 1. The van der Waals surface area contributed by atoms with Crippen LogP contribution in [-0.2, 0) is 16.0 Å². The Labute approximate surface area is 161 Å². The number of carbonyl (C=O) groups is 2. The lowest BCUT2D eigenvalue weighted by atomic mass is 10.1. The summed E-state index contributed by atoms with van der Waals surface area (Å²) in [7, 11) is 1.28. The molecule has 4 nitrogen and oxygen atoms in total. The van der Waals surface area contributed by atoms with Gasteiger partial charge in [0.25, 0.3) is 5.91 Å². The highest BCUT2D eigenvalue weighted by atomic mass is 79.9. The first kappa shape index (κ1) is 19.0. The zero-order chi connectivity index (χ0) is 17.7. The summed E-state index contributed by atoms with van der Waals surface area (Å²) in [6, 6.07) is 11.5. The molecule has 0 unspecified atom stereocenters. The van der Waals surface area contributed by atoms with Crippen LogP contribution in [0.1, 0.15) is 15.9 Å². The van der Waals surface area contributed by atoms with Crippen molar-refractivity contribution in [3.05, 3.63) is 67.6 Å². The fraction of sp³-hybridized carbons (Fsp3) is 0.176. The molecule has 0 spiro atoms. The number of methoxy groups -OCH3 is 1. The molecule has 24 heavy (non-hydrogen) atoms. The van der Waals surface area contributed by atoms with E-state index >= 15 is 0 Å². The maximum atomic E-state index is 12.5. The second-order valence-electron chi connectivity index (χ2n) is 5.00. The summed E-state index contributed by atoms with van der Waals surface area (Å²) in [4.78, 5) is 24.5. The monoisotopic (exact) mass is 473 g/mol. The first-order valence-corrected chi connectivity index (χ1v) is 8.95. The van der Waals surface area contributed by atoms with E-state index < -0.39 is 12.0 Å². The molecule has 7 heteroatoms. The van der Waals surface area contributed by atoms with Crippen molar-refractivity contribution in [2.24, 2.45) is 0 Å². The van der Waals surface area contributed by atoms with Gasteiger partial charge in [-0.3, -0.25) is 4.79 Å². The van der Waals surface area contributed by atoms with Crippen LogP contribution in [0, 0.1) is 0 Å². The van der Waals surface area contributed by atoms with Crippen LogP contribution in [0.3, 0.4) is 0 Å². The molecule has 2 rings (SSSR count). The number of hydrogen-bond acceptors (Lipinski definition) is 3. The zero-order valence-corrected chi connectivity index (χ0v) is 16.6. The maximum Gasteiger partial charge on any atom is 0.328 e. The van der Waals surface area contributed by atoms with Crippen LogP contribution in [0.15, 0.2) is 51.4 Å². The molecule has 1 amide bonds. The molecule has 2 aromatic carbocycles. The van der Waals surface area contributed by atoms with Crippen LogP contribution in [-0.4, -0.2) is 25.0 Å². The summed E-state index contributed by atoms with van der Waals surface area (Å²) in [6.07, 6.45) is 0.243. The van der Waals surface area contributed by atoms with Crippen LogP contribution in [0.4, 0.5) is 0 Å². The quantitative estimate of drug-likeness (QED) is 0.653. The van der Waals surface area contributed by atoms with Crippen molar-refractivity contribution in [3.8, 4) is 0 Å². The van der Waals surface area contributed by atoms with Gasteiger partial charge in [0.15, 0.2) is 0 Å². The lowest BCUT2D eigenvalue weighted by Gasteiger charge is -2.17. The summed E-state index contributed by atoms with van der Waals surface area (Å²) in [5.41, 5.74) is 1.18. The first-order valence-electron chi connectivity index (χ1n) is 6.99. The Morgan fingerprint density at radius 3 is 2.38 bits per heavy atom. The second-order valence-corrected chi connectivity index (χ2v) is 7.24. The standard InChI is InChI=1S/C17H14Br2ClNO3/c1-24-17(23)15(8-10-4-2-3-5-14(10)20)21-16(22)11-6-12(18)9-13(19)7-11/h2-7,9,15H,8H2,1H3,(H,21,22)/t15-/m0/s1. The molecule has 0 fully saturated rings.